The van der Waals surface area contributed by atoms with E-state index in [2.05, 4.69) is 12.2 Å². The first-order chi connectivity index (χ1) is 9.56. The molecule has 1 aromatic heterocycles. The molecule has 3 N–H and O–H groups in total. The van der Waals surface area contributed by atoms with Crippen LogP contribution < -0.4 is 5.32 Å². The molecule has 4 nitrogen and oxygen atoms in total. The maximum absolute atomic E-state index is 9.83. The predicted molar refractivity (Wildman–Crippen MR) is 77.8 cm³/mol. The highest BCUT2D eigenvalue weighted by Gasteiger charge is 2.14. The summed E-state index contributed by atoms with van der Waals surface area (Å²) in [6, 6.07) is 8.68. The first kappa shape index (κ1) is 14.5. The minimum atomic E-state index is -0.0336. The van der Waals surface area contributed by atoms with Gasteiger partial charge < -0.3 is 19.9 Å². The molecule has 0 aliphatic rings. The molecule has 2 aromatic rings. The van der Waals surface area contributed by atoms with Crippen LogP contribution in [-0.4, -0.2) is 16.3 Å². The van der Waals surface area contributed by atoms with Crippen molar-refractivity contribution in [1.29, 1.82) is 0 Å². The van der Waals surface area contributed by atoms with E-state index in [9.17, 15) is 10.2 Å². The van der Waals surface area contributed by atoms with Gasteiger partial charge in [0.15, 0.2) is 0 Å². The third-order valence-corrected chi connectivity index (χ3v) is 3.42. The summed E-state index contributed by atoms with van der Waals surface area (Å²) in [5, 5.41) is 22.7. The maximum Gasteiger partial charge on any atom is 0.120 e. The molecular formula is C16H21NO3. The second kappa shape index (κ2) is 6.48. The van der Waals surface area contributed by atoms with E-state index in [1.54, 1.807) is 12.3 Å². The smallest absolute Gasteiger partial charge is 0.120 e. The van der Waals surface area contributed by atoms with Crippen molar-refractivity contribution in [2.75, 3.05) is 0 Å². The van der Waals surface area contributed by atoms with Crippen LogP contribution in [0, 0.1) is 0 Å². The van der Waals surface area contributed by atoms with E-state index < -0.39 is 0 Å². The van der Waals surface area contributed by atoms with Crippen molar-refractivity contribution in [2.45, 2.75) is 38.8 Å². The fourth-order valence-electron chi connectivity index (χ4n) is 2.30. The van der Waals surface area contributed by atoms with E-state index in [1.807, 2.05) is 19.1 Å². The summed E-state index contributed by atoms with van der Waals surface area (Å²) in [5.74, 6) is 1.34. The minimum Gasteiger partial charge on any atom is -0.508 e. The number of benzene rings is 1. The first-order valence-electron chi connectivity index (χ1n) is 6.86. The molecule has 0 fully saturated rings. The summed E-state index contributed by atoms with van der Waals surface area (Å²) in [4.78, 5) is 0. The van der Waals surface area contributed by atoms with Gasteiger partial charge in [0.05, 0.1) is 6.26 Å². The van der Waals surface area contributed by atoms with Crippen LogP contribution in [0.3, 0.4) is 0 Å². The molecule has 0 bridgehead atoms. The van der Waals surface area contributed by atoms with Crippen LogP contribution in [-0.2, 0) is 6.42 Å². The van der Waals surface area contributed by atoms with Crippen molar-refractivity contribution >= 4 is 0 Å². The Morgan fingerprint density at radius 2 is 2.00 bits per heavy atom. The van der Waals surface area contributed by atoms with Gasteiger partial charge in [0.25, 0.3) is 0 Å². The molecular weight excluding hydrogens is 254 g/mol. The van der Waals surface area contributed by atoms with Gasteiger partial charge in [0.2, 0.25) is 0 Å². The minimum absolute atomic E-state index is 0.0336. The van der Waals surface area contributed by atoms with E-state index in [0.29, 0.717) is 5.56 Å². The molecule has 0 saturated heterocycles. The van der Waals surface area contributed by atoms with E-state index in [4.69, 9.17) is 4.42 Å². The second-order valence-electron chi connectivity index (χ2n) is 5.15. The summed E-state index contributed by atoms with van der Waals surface area (Å²) >= 11 is 0. The van der Waals surface area contributed by atoms with Crippen molar-refractivity contribution < 1.29 is 14.6 Å². The highest BCUT2D eigenvalue weighted by molar-refractivity contribution is 5.40. The molecule has 0 spiro atoms. The zero-order valence-electron chi connectivity index (χ0n) is 11.8. The van der Waals surface area contributed by atoms with Crippen LogP contribution in [0.5, 0.6) is 11.5 Å². The maximum atomic E-state index is 9.83. The molecule has 1 heterocycles. The van der Waals surface area contributed by atoms with Gasteiger partial charge in [0, 0.05) is 24.1 Å². The molecule has 20 heavy (non-hydrogen) atoms. The average molecular weight is 275 g/mol. The zero-order chi connectivity index (χ0) is 14.5. The Kier molecular flexibility index (Phi) is 4.69. The van der Waals surface area contributed by atoms with Gasteiger partial charge in [-0.05, 0) is 50.6 Å². The molecule has 1 aromatic carbocycles. The van der Waals surface area contributed by atoms with Crippen LogP contribution in [0.15, 0.2) is 41.0 Å². The predicted octanol–water partition coefficient (Wildman–Crippen LogP) is 3.36. The molecule has 2 atom stereocenters. The summed E-state index contributed by atoms with van der Waals surface area (Å²) in [7, 11) is 0. The number of aromatic hydroxyl groups is 2. The largest absolute Gasteiger partial charge is 0.508 e. The van der Waals surface area contributed by atoms with Crippen molar-refractivity contribution in [3.63, 3.8) is 0 Å². The number of furan rings is 1. The quantitative estimate of drug-likeness (QED) is 0.707. The Bertz CT molecular complexity index is 537. The van der Waals surface area contributed by atoms with Crippen LogP contribution in [0.2, 0.25) is 0 Å². The summed E-state index contributed by atoms with van der Waals surface area (Å²) in [6.07, 6.45) is 3.50. The number of aryl methyl sites for hydroxylation is 1. The molecule has 4 heteroatoms. The Labute approximate surface area is 119 Å². The molecule has 0 aliphatic heterocycles. The second-order valence-corrected chi connectivity index (χ2v) is 5.15. The Balaban J connectivity index is 1.89. The van der Waals surface area contributed by atoms with E-state index in [0.717, 1.165) is 18.6 Å². The molecule has 108 valence electrons. The van der Waals surface area contributed by atoms with Gasteiger partial charge in [-0.2, -0.15) is 0 Å². The van der Waals surface area contributed by atoms with Gasteiger partial charge in [-0.3, -0.25) is 0 Å². The van der Waals surface area contributed by atoms with Crippen LogP contribution in [0.25, 0.3) is 0 Å². The SMILES string of the molecule is CC(CCc1ccco1)NC(C)c1cc(O)ccc1O. The van der Waals surface area contributed by atoms with E-state index in [1.165, 1.54) is 12.1 Å². The Hall–Kier alpha value is -1.94. The fourth-order valence-corrected chi connectivity index (χ4v) is 2.30. The van der Waals surface area contributed by atoms with Crippen molar-refractivity contribution in [1.82, 2.24) is 5.32 Å². The third-order valence-electron chi connectivity index (χ3n) is 3.42. The van der Waals surface area contributed by atoms with E-state index in [-0.39, 0.29) is 23.6 Å². The third kappa shape index (κ3) is 3.78. The van der Waals surface area contributed by atoms with E-state index >= 15 is 0 Å². The monoisotopic (exact) mass is 275 g/mol. The topological polar surface area (TPSA) is 65.6 Å². The van der Waals surface area contributed by atoms with Gasteiger partial charge >= 0.3 is 0 Å². The highest BCUT2D eigenvalue weighted by atomic mass is 16.3. The summed E-state index contributed by atoms with van der Waals surface area (Å²) in [5.41, 5.74) is 0.704. The normalized spacial score (nSPS) is 14.1. The van der Waals surface area contributed by atoms with Crippen molar-refractivity contribution in [2.24, 2.45) is 0 Å². The fraction of sp³-hybridized carbons (Fsp3) is 0.375. The highest BCUT2D eigenvalue weighted by Crippen LogP contribution is 2.28. The van der Waals surface area contributed by atoms with Crippen molar-refractivity contribution in [3.05, 3.63) is 47.9 Å². The molecule has 0 amide bonds. The van der Waals surface area contributed by atoms with Gasteiger partial charge in [-0.25, -0.2) is 0 Å². The van der Waals surface area contributed by atoms with Crippen molar-refractivity contribution in [3.8, 4) is 11.5 Å². The van der Waals surface area contributed by atoms with Gasteiger partial charge in [-0.15, -0.1) is 0 Å². The molecule has 2 rings (SSSR count). The average Bonchev–Trinajstić information content (AvgIpc) is 2.92. The zero-order valence-corrected chi connectivity index (χ0v) is 11.8. The van der Waals surface area contributed by atoms with Crippen LogP contribution in [0.1, 0.15) is 37.6 Å². The van der Waals surface area contributed by atoms with Crippen LogP contribution >= 0.6 is 0 Å². The molecule has 2 unspecified atom stereocenters. The number of hydrogen-bond acceptors (Lipinski definition) is 4. The lowest BCUT2D eigenvalue weighted by Crippen LogP contribution is -2.29. The number of phenolic OH excluding ortho intramolecular Hbond substituents is 2. The van der Waals surface area contributed by atoms with Crippen LogP contribution in [0.4, 0.5) is 0 Å². The standard InChI is InChI=1S/C16H21NO3/c1-11(5-7-14-4-3-9-20-14)17-12(2)15-10-13(18)6-8-16(15)19/h3-4,6,8-12,17-19H,5,7H2,1-2H3. The van der Waals surface area contributed by atoms with Gasteiger partial charge in [-0.1, -0.05) is 0 Å². The molecule has 0 radical (unpaired) electrons. The summed E-state index contributed by atoms with van der Waals surface area (Å²) in [6.45, 7) is 4.07. The Morgan fingerprint density at radius 3 is 2.70 bits per heavy atom. The summed E-state index contributed by atoms with van der Waals surface area (Å²) < 4.78 is 5.31. The number of phenols is 2. The first-order valence-corrected chi connectivity index (χ1v) is 6.86. The lowest BCUT2D eigenvalue weighted by atomic mass is 10.0. The Morgan fingerprint density at radius 1 is 1.20 bits per heavy atom. The number of rotatable bonds is 6. The lowest BCUT2D eigenvalue weighted by molar-refractivity contribution is 0.409. The molecule has 0 aliphatic carbocycles. The number of nitrogens with one attached hydrogen (secondary N) is 1. The number of hydrogen-bond donors (Lipinski definition) is 3. The van der Waals surface area contributed by atoms with Gasteiger partial charge in [0.1, 0.15) is 17.3 Å². The molecule has 0 saturated carbocycles. The lowest BCUT2D eigenvalue weighted by Gasteiger charge is -2.21.